The van der Waals surface area contributed by atoms with E-state index in [1.165, 1.54) is 6.92 Å². The van der Waals surface area contributed by atoms with Crippen molar-refractivity contribution < 1.29 is 23.9 Å². The molecule has 2 aromatic rings. The highest BCUT2D eigenvalue weighted by Crippen LogP contribution is 2.19. The van der Waals surface area contributed by atoms with Gasteiger partial charge in [-0.25, -0.2) is 4.79 Å². The molecule has 0 spiro atoms. The van der Waals surface area contributed by atoms with E-state index in [2.05, 4.69) is 16.0 Å². The predicted molar refractivity (Wildman–Crippen MR) is 116 cm³/mol. The number of hydrogen-bond donors (Lipinski definition) is 3. The first-order chi connectivity index (χ1) is 14.5. The van der Waals surface area contributed by atoms with Gasteiger partial charge in [-0.2, -0.15) is 0 Å². The van der Waals surface area contributed by atoms with Gasteiger partial charge in [-0.15, -0.1) is 0 Å². The van der Waals surface area contributed by atoms with Gasteiger partial charge < -0.3 is 15.4 Å². The third-order valence-corrected chi connectivity index (χ3v) is 4.05. The van der Waals surface area contributed by atoms with Crippen molar-refractivity contribution in [3.63, 3.8) is 0 Å². The Bertz CT molecular complexity index is 934. The van der Waals surface area contributed by atoms with Crippen molar-refractivity contribution >= 4 is 23.8 Å². The van der Waals surface area contributed by atoms with E-state index in [0.717, 1.165) is 11.1 Å². The zero-order valence-corrected chi connectivity index (χ0v) is 18.0. The molecule has 0 saturated heterocycles. The highest BCUT2D eigenvalue weighted by molar-refractivity contribution is 5.98. The van der Waals surface area contributed by atoms with Crippen molar-refractivity contribution in [1.82, 2.24) is 16.0 Å². The van der Waals surface area contributed by atoms with E-state index >= 15 is 0 Å². The van der Waals surface area contributed by atoms with Crippen LogP contribution in [0.15, 0.2) is 54.6 Å². The fourth-order valence-electron chi connectivity index (χ4n) is 2.58. The van der Waals surface area contributed by atoms with Crippen LogP contribution in [0, 0.1) is 0 Å². The van der Waals surface area contributed by atoms with Crippen LogP contribution in [-0.2, 0) is 14.3 Å². The maximum Gasteiger partial charge on any atom is 0.326 e. The summed E-state index contributed by atoms with van der Waals surface area (Å²) in [6, 6.07) is 16.0. The minimum absolute atomic E-state index is 0.386. The number of ether oxygens (including phenoxy) is 1. The molecule has 4 amide bonds. The molecule has 0 fully saturated rings. The normalized spacial score (nSPS) is 11.7. The number of benzene rings is 2. The van der Waals surface area contributed by atoms with Gasteiger partial charge in [-0.3, -0.25) is 19.7 Å². The Morgan fingerprint density at radius 2 is 1.48 bits per heavy atom. The maximum atomic E-state index is 12.2. The number of imide groups is 1. The Kier molecular flexibility index (Phi) is 7.90. The van der Waals surface area contributed by atoms with E-state index in [0.29, 0.717) is 5.56 Å². The highest BCUT2D eigenvalue weighted by atomic mass is 16.5. The summed E-state index contributed by atoms with van der Waals surface area (Å²) in [4.78, 5) is 47.8. The fraction of sp³-hybridized carbons (Fsp3) is 0.304. The van der Waals surface area contributed by atoms with Crippen LogP contribution in [-0.4, -0.2) is 42.0 Å². The Hall–Kier alpha value is -3.68. The Morgan fingerprint density at radius 3 is 2.06 bits per heavy atom. The van der Waals surface area contributed by atoms with Gasteiger partial charge in [0.1, 0.15) is 6.54 Å². The van der Waals surface area contributed by atoms with Crippen molar-refractivity contribution in [3.05, 3.63) is 60.2 Å². The molecule has 0 aliphatic carbocycles. The van der Waals surface area contributed by atoms with E-state index in [-0.39, 0.29) is 0 Å². The molecule has 0 heterocycles. The van der Waals surface area contributed by atoms with Crippen LogP contribution < -0.4 is 16.0 Å². The van der Waals surface area contributed by atoms with Gasteiger partial charge in [0.15, 0.2) is 6.10 Å². The summed E-state index contributed by atoms with van der Waals surface area (Å²) < 4.78 is 4.96. The molecule has 164 valence electrons. The zero-order chi connectivity index (χ0) is 23.0. The van der Waals surface area contributed by atoms with E-state index in [9.17, 15) is 19.2 Å². The maximum absolute atomic E-state index is 12.2. The van der Waals surface area contributed by atoms with Crippen molar-refractivity contribution in [2.24, 2.45) is 0 Å². The standard InChI is InChI=1S/C23H27N3O5/c1-15(20(28)25-22(30)26-23(2,3)4)31-19(27)14-24-21(29)18-12-10-17(11-13-18)16-8-6-5-7-9-16/h5-13,15H,14H2,1-4H3,(H,24,29)(H2,25,26,28,30). The highest BCUT2D eigenvalue weighted by Gasteiger charge is 2.22. The quantitative estimate of drug-likeness (QED) is 0.616. The molecule has 0 aliphatic heterocycles. The number of rotatable bonds is 6. The lowest BCUT2D eigenvalue weighted by atomic mass is 10.0. The predicted octanol–water partition coefficient (Wildman–Crippen LogP) is 2.64. The Balaban J connectivity index is 1.80. The number of hydrogen-bond acceptors (Lipinski definition) is 5. The molecule has 8 heteroatoms. The lowest BCUT2D eigenvalue weighted by molar-refractivity contribution is -0.153. The molecule has 2 rings (SSSR count). The summed E-state index contributed by atoms with van der Waals surface area (Å²) in [7, 11) is 0. The van der Waals surface area contributed by atoms with Crippen LogP contribution in [0.25, 0.3) is 11.1 Å². The van der Waals surface area contributed by atoms with Gasteiger partial charge in [0, 0.05) is 11.1 Å². The topological polar surface area (TPSA) is 114 Å². The fourth-order valence-corrected chi connectivity index (χ4v) is 2.58. The van der Waals surface area contributed by atoms with Crippen LogP contribution in [0.1, 0.15) is 38.1 Å². The van der Waals surface area contributed by atoms with Crippen molar-refractivity contribution in [3.8, 4) is 11.1 Å². The molecular formula is C23H27N3O5. The van der Waals surface area contributed by atoms with Gasteiger partial charge >= 0.3 is 12.0 Å². The summed E-state index contributed by atoms with van der Waals surface area (Å²) >= 11 is 0. The third kappa shape index (κ3) is 7.93. The average Bonchev–Trinajstić information content (AvgIpc) is 2.71. The Morgan fingerprint density at radius 1 is 0.903 bits per heavy atom. The van der Waals surface area contributed by atoms with Crippen LogP contribution in [0.5, 0.6) is 0 Å². The number of urea groups is 1. The Labute approximate surface area is 181 Å². The molecule has 3 N–H and O–H groups in total. The molecule has 0 aliphatic rings. The molecule has 0 radical (unpaired) electrons. The molecule has 1 atom stereocenters. The lowest BCUT2D eigenvalue weighted by Gasteiger charge is -2.21. The second-order valence-electron chi connectivity index (χ2n) is 7.95. The summed E-state index contributed by atoms with van der Waals surface area (Å²) in [5.74, 6) is -2.01. The van der Waals surface area contributed by atoms with Crippen LogP contribution in [0.3, 0.4) is 0 Å². The summed E-state index contributed by atoms with van der Waals surface area (Å²) in [5.41, 5.74) is 1.86. The molecule has 2 aromatic carbocycles. The van der Waals surface area contributed by atoms with Gasteiger partial charge in [0.25, 0.3) is 11.8 Å². The van der Waals surface area contributed by atoms with Crippen LogP contribution >= 0.6 is 0 Å². The van der Waals surface area contributed by atoms with Gasteiger partial charge in [0.05, 0.1) is 0 Å². The van der Waals surface area contributed by atoms with Crippen molar-refractivity contribution in [2.45, 2.75) is 39.3 Å². The SMILES string of the molecule is CC(OC(=O)CNC(=O)c1ccc(-c2ccccc2)cc1)C(=O)NC(=O)NC(C)(C)C. The first-order valence-electron chi connectivity index (χ1n) is 9.81. The summed E-state index contributed by atoms with van der Waals surface area (Å²) in [6.07, 6.45) is -1.19. The zero-order valence-electron chi connectivity index (χ0n) is 18.0. The third-order valence-electron chi connectivity index (χ3n) is 4.05. The number of amides is 4. The largest absolute Gasteiger partial charge is 0.451 e. The molecular weight excluding hydrogens is 398 g/mol. The monoisotopic (exact) mass is 425 g/mol. The number of carbonyl (C=O) groups excluding carboxylic acids is 4. The summed E-state index contributed by atoms with van der Waals surface area (Å²) in [6.45, 7) is 6.21. The lowest BCUT2D eigenvalue weighted by Crippen LogP contribution is -2.50. The molecule has 0 aromatic heterocycles. The van der Waals surface area contributed by atoms with E-state index < -0.39 is 42.0 Å². The first kappa shape index (κ1) is 23.6. The van der Waals surface area contributed by atoms with E-state index in [1.54, 1.807) is 32.9 Å². The number of carbonyl (C=O) groups is 4. The number of esters is 1. The number of nitrogens with one attached hydrogen (secondary N) is 3. The van der Waals surface area contributed by atoms with E-state index in [1.807, 2.05) is 42.5 Å². The second-order valence-corrected chi connectivity index (χ2v) is 7.95. The minimum atomic E-state index is -1.19. The van der Waals surface area contributed by atoms with E-state index in [4.69, 9.17) is 4.74 Å². The molecule has 0 saturated carbocycles. The first-order valence-corrected chi connectivity index (χ1v) is 9.81. The molecule has 8 nitrogen and oxygen atoms in total. The van der Waals surface area contributed by atoms with Crippen molar-refractivity contribution in [2.75, 3.05) is 6.54 Å². The molecule has 1 unspecified atom stereocenters. The van der Waals surface area contributed by atoms with Crippen LogP contribution in [0.2, 0.25) is 0 Å². The van der Waals surface area contributed by atoms with Gasteiger partial charge in [-0.1, -0.05) is 42.5 Å². The van der Waals surface area contributed by atoms with Crippen LogP contribution in [0.4, 0.5) is 4.79 Å². The average molecular weight is 425 g/mol. The minimum Gasteiger partial charge on any atom is -0.451 e. The molecule has 31 heavy (non-hydrogen) atoms. The molecule has 0 bridgehead atoms. The smallest absolute Gasteiger partial charge is 0.326 e. The van der Waals surface area contributed by atoms with Gasteiger partial charge in [-0.05, 0) is 51.0 Å². The second kappa shape index (κ2) is 10.4. The van der Waals surface area contributed by atoms with Crippen molar-refractivity contribution in [1.29, 1.82) is 0 Å². The summed E-state index contributed by atoms with van der Waals surface area (Å²) in [5, 5.41) is 7.11. The van der Waals surface area contributed by atoms with Gasteiger partial charge in [0.2, 0.25) is 0 Å².